The van der Waals surface area contributed by atoms with Gasteiger partial charge in [-0.3, -0.25) is 0 Å². The molecule has 0 radical (unpaired) electrons. The summed E-state index contributed by atoms with van der Waals surface area (Å²) < 4.78 is 20.7. The third kappa shape index (κ3) is 39.7. The molecule has 0 heterocycles. The SMILES string of the molecule is CCCCCCCOP([O-])(=S)OCCCCCCC.CCCCCCCOP([O-])(=S)OCCCCCCC.[Zn+2]. The van der Waals surface area contributed by atoms with Crippen LogP contribution in [0, 0.1) is 0 Å². The van der Waals surface area contributed by atoms with E-state index in [4.69, 9.17) is 41.7 Å². The van der Waals surface area contributed by atoms with Gasteiger partial charge in [0.25, 0.3) is 0 Å². The Morgan fingerprint density at radius 3 is 0.744 bits per heavy atom. The molecule has 0 aromatic carbocycles. The van der Waals surface area contributed by atoms with E-state index < -0.39 is 13.4 Å². The van der Waals surface area contributed by atoms with E-state index in [1.165, 1.54) is 77.0 Å². The average Bonchev–Trinajstić information content (AvgIpc) is 2.88. The molecule has 232 valence electrons. The summed E-state index contributed by atoms with van der Waals surface area (Å²) in [5.74, 6) is 0. The van der Waals surface area contributed by atoms with Gasteiger partial charge in [0.1, 0.15) is 13.4 Å². The van der Waals surface area contributed by atoms with Crippen LogP contribution in [0.4, 0.5) is 0 Å². The van der Waals surface area contributed by atoms with E-state index in [-0.39, 0.29) is 19.5 Å². The first-order chi connectivity index (χ1) is 18.2. The Morgan fingerprint density at radius 2 is 0.564 bits per heavy atom. The van der Waals surface area contributed by atoms with Crippen molar-refractivity contribution in [3.05, 3.63) is 0 Å². The molecule has 6 nitrogen and oxygen atoms in total. The first-order valence-electron chi connectivity index (χ1n) is 15.4. The number of hydrogen-bond donors (Lipinski definition) is 0. The average molecular weight is 684 g/mol. The van der Waals surface area contributed by atoms with Gasteiger partial charge in [-0.15, -0.1) is 0 Å². The van der Waals surface area contributed by atoms with E-state index in [1.807, 2.05) is 0 Å². The van der Waals surface area contributed by atoms with Crippen molar-refractivity contribution in [3.8, 4) is 0 Å². The normalized spacial score (nSPS) is 11.6. The molecule has 39 heavy (non-hydrogen) atoms. The smallest absolute Gasteiger partial charge is 0.780 e. The van der Waals surface area contributed by atoms with E-state index in [9.17, 15) is 9.79 Å². The van der Waals surface area contributed by atoms with Crippen molar-refractivity contribution in [2.45, 2.75) is 156 Å². The molecule has 0 bridgehead atoms. The standard InChI is InChI=1S/2C14H31O3PS.Zn/c2*1-3-5-7-9-11-13-16-18(15,19)17-14-12-10-8-6-4-2;/h2*3-14H2,1-2H3,(H,15,19);/q;;+2/p-2. The third-order valence-corrected chi connectivity index (χ3v) is 9.25. The quantitative estimate of drug-likeness (QED) is 0.0459. The minimum atomic E-state index is -3.22. The van der Waals surface area contributed by atoms with E-state index in [2.05, 4.69) is 27.7 Å². The maximum Gasteiger partial charge on any atom is 2.00 e. The summed E-state index contributed by atoms with van der Waals surface area (Å²) in [7, 11) is 0. The van der Waals surface area contributed by atoms with Crippen molar-refractivity contribution >= 4 is 37.1 Å². The molecular weight excluding hydrogens is 624 g/mol. The van der Waals surface area contributed by atoms with Crippen molar-refractivity contribution in [1.29, 1.82) is 0 Å². The summed E-state index contributed by atoms with van der Waals surface area (Å²) in [5.41, 5.74) is 0. The van der Waals surface area contributed by atoms with Gasteiger partial charge in [0.05, 0.1) is 26.4 Å². The fraction of sp³-hybridized carbons (Fsp3) is 1.00. The van der Waals surface area contributed by atoms with Crippen LogP contribution in [-0.4, -0.2) is 26.4 Å². The minimum Gasteiger partial charge on any atom is -0.780 e. The van der Waals surface area contributed by atoms with Gasteiger partial charge >= 0.3 is 19.5 Å². The van der Waals surface area contributed by atoms with Crippen LogP contribution in [-0.2, 0) is 61.2 Å². The Hall–Kier alpha value is 1.68. The summed E-state index contributed by atoms with van der Waals surface area (Å²) in [5, 5.41) is 0. The van der Waals surface area contributed by atoms with Gasteiger partial charge < -0.3 is 27.9 Å². The molecule has 0 rings (SSSR count). The molecule has 0 aromatic rings. The zero-order valence-electron chi connectivity index (χ0n) is 25.8. The second-order valence-electron chi connectivity index (χ2n) is 9.88. The van der Waals surface area contributed by atoms with Crippen molar-refractivity contribution < 1.29 is 47.4 Å². The molecule has 0 aliphatic rings. The summed E-state index contributed by atoms with van der Waals surface area (Å²) >= 11 is 9.71. The first-order valence-corrected chi connectivity index (χ1v) is 20.6. The largest absolute Gasteiger partial charge is 2.00 e. The van der Waals surface area contributed by atoms with Crippen molar-refractivity contribution in [3.63, 3.8) is 0 Å². The Balaban J connectivity index is -0.000000648. The van der Waals surface area contributed by atoms with Crippen LogP contribution in [0.2, 0.25) is 0 Å². The van der Waals surface area contributed by atoms with Crippen LogP contribution in [0.5, 0.6) is 0 Å². The second-order valence-corrected chi connectivity index (χ2v) is 15.4. The summed E-state index contributed by atoms with van der Waals surface area (Å²) in [4.78, 5) is 23.5. The van der Waals surface area contributed by atoms with Gasteiger partial charge in [-0.1, -0.05) is 154 Å². The Kier molecular flexibility index (Phi) is 39.5. The van der Waals surface area contributed by atoms with E-state index in [0.29, 0.717) is 26.4 Å². The maximum atomic E-state index is 11.8. The van der Waals surface area contributed by atoms with Crippen LogP contribution in [0.3, 0.4) is 0 Å². The van der Waals surface area contributed by atoms with Crippen LogP contribution in [0.1, 0.15) is 156 Å². The Labute approximate surface area is 265 Å². The topological polar surface area (TPSA) is 83.0 Å². The third-order valence-electron chi connectivity index (χ3n) is 5.99. The number of unbranched alkanes of at least 4 members (excludes halogenated alkanes) is 16. The predicted octanol–water partition coefficient (Wildman–Crippen LogP) is 9.09. The molecule has 0 spiro atoms. The zero-order valence-corrected chi connectivity index (χ0v) is 32.2. The molecule has 0 aliphatic heterocycles. The van der Waals surface area contributed by atoms with Crippen LogP contribution in [0.15, 0.2) is 0 Å². The Bertz CT molecular complexity index is 488. The molecule has 0 saturated heterocycles. The number of rotatable bonds is 28. The molecule has 0 N–H and O–H groups in total. The van der Waals surface area contributed by atoms with Gasteiger partial charge in [-0.05, 0) is 25.7 Å². The summed E-state index contributed by atoms with van der Waals surface area (Å²) in [6.45, 7) is 4.13. The van der Waals surface area contributed by atoms with E-state index >= 15 is 0 Å². The van der Waals surface area contributed by atoms with Gasteiger partial charge in [-0.2, -0.15) is 0 Å². The van der Waals surface area contributed by atoms with Crippen LogP contribution >= 0.6 is 13.4 Å². The van der Waals surface area contributed by atoms with E-state index in [1.54, 1.807) is 0 Å². The van der Waals surface area contributed by atoms with Gasteiger partial charge in [0.2, 0.25) is 0 Å². The van der Waals surface area contributed by atoms with Gasteiger partial charge in [0, 0.05) is 0 Å². The van der Waals surface area contributed by atoms with Crippen molar-refractivity contribution in [1.82, 2.24) is 0 Å². The molecule has 0 atom stereocenters. The van der Waals surface area contributed by atoms with Gasteiger partial charge in [0.15, 0.2) is 0 Å². The Morgan fingerprint density at radius 1 is 0.385 bits per heavy atom. The molecule has 11 heteroatoms. The van der Waals surface area contributed by atoms with Gasteiger partial charge in [-0.25, -0.2) is 0 Å². The molecule has 0 amide bonds. The minimum absolute atomic E-state index is 0. The zero-order chi connectivity index (χ0) is 28.8. The molecule has 0 aromatic heterocycles. The summed E-state index contributed by atoms with van der Waals surface area (Å²) in [6.07, 6.45) is 22.8. The number of hydrogen-bond acceptors (Lipinski definition) is 8. The molecule has 0 saturated carbocycles. The second kappa shape index (κ2) is 34.2. The molecular formula is C28H60O6P2S2Zn. The molecule has 0 unspecified atom stereocenters. The monoisotopic (exact) mass is 682 g/mol. The molecule has 0 aliphatic carbocycles. The fourth-order valence-electron chi connectivity index (χ4n) is 3.60. The van der Waals surface area contributed by atoms with Crippen LogP contribution in [0.25, 0.3) is 0 Å². The van der Waals surface area contributed by atoms with Crippen LogP contribution < -0.4 is 9.79 Å². The van der Waals surface area contributed by atoms with E-state index in [0.717, 1.165) is 51.4 Å². The summed E-state index contributed by atoms with van der Waals surface area (Å²) in [6, 6.07) is 0. The predicted molar refractivity (Wildman–Crippen MR) is 167 cm³/mol. The van der Waals surface area contributed by atoms with Crippen molar-refractivity contribution in [2.75, 3.05) is 26.4 Å². The fourth-order valence-corrected chi connectivity index (χ4v) is 6.06. The van der Waals surface area contributed by atoms with Crippen molar-refractivity contribution in [2.24, 2.45) is 0 Å². The first kappa shape index (κ1) is 45.1. The molecule has 0 fully saturated rings. The maximum absolute atomic E-state index is 11.8.